The molecule has 0 aliphatic rings. The third-order valence-electron chi connectivity index (χ3n) is 4.95. The number of methoxy groups -OCH3 is 1. The lowest BCUT2D eigenvalue weighted by Crippen LogP contribution is -2.13. The summed E-state index contributed by atoms with van der Waals surface area (Å²) in [6.07, 6.45) is 1.43. The summed E-state index contributed by atoms with van der Waals surface area (Å²) in [7, 11) is 1.45. The van der Waals surface area contributed by atoms with Gasteiger partial charge in [-0.3, -0.25) is 20.2 Å². The van der Waals surface area contributed by atoms with Gasteiger partial charge in [0.05, 0.1) is 27.8 Å². The Hall–Kier alpha value is -4.75. The van der Waals surface area contributed by atoms with E-state index >= 15 is 0 Å². The second kappa shape index (κ2) is 10.5. The predicted molar refractivity (Wildman–Crippen MR) is 132 cm³/mol. The quantitative estimate of drug-likeness (QED) is 0.154. The van der Waals surface area contributed by atoms with Crippen molar-refractivity contribution < 1.29 is 19.2 Å². The Morgan fingerprint density at radius 3 is 2.69 bits per heavy atom. The summed E-state index contributed by atoms with van der Waals surface area (Å²) in [5.74, 6) is 0.128. The van der Waals surface area contributed by atoms with Crippen LogP contribution in [0.15, 0.2) is 72.3 Å². The van der Waals surface area contributed by atoms with E-state index in [1.807, 2.05) is 30.3 Å². The normalized spacial score (nSPS) is 11.0. The van der Waals surface area contributed by atoms with Crippen LogP contribution < -0.4 is 14.8 Å². The monoisotopic (exact) mass is 486 g/mol. The summed E-state index contributed by atoms with van der Waals surface area (Å²) in [5.41, 5.74) is 1.57. The molecule has 0 saturated heterocycles. The van der Waals surface area contributed by atoms with Gasteiger partial charge in [0.1, 0.15) is 18.2 Å². The molecule has 0 radical (unpaired) electrons. The number of nitriles is 1. The molecule has 0 fully saturated rings. The molecule has 0 saturated carbocycles. The van der Waals surface area contributed by atoms with Gasteiger partial charge in [-0.15, -0.1) is 0 Å². The van der Waals surface area contributed by atoms with Gasteiger partial charge in [0.2, 0.25) is 0 Å². The number of rotatable bonds is 8. The molecule has 0 bridgehead atoms. The van der Waals surface area contributed by atoms with Crippen molar-refractivity contribution >= 4 is 44.4 Å². The van der Waals surface area contributed by atoms with Crippen molar-refractivity contribution in [2.24, 2.45) is 0 Å². The van der Waals surface area contributed by atoms with Crippen molar-refractivity contribution in [3.8, 4) is 17.6 Å². The van der Waals surface area contributed by atoms with Crippen LogP contribution in [0.4, 0.5) is 10.8 Å². The highest BCUT2D eigenvalue weighted by molar-refractivity contribution is 7.22. The SMILES string of the molecule is COc1cc(/C=C(\C#N)C(=O)Nc2nc3ccccc3s2)ccc1OCc1ccccc1[N+](=O)[O-]. The van der Waals surface area contributed by atoms with Gasteiger partial charge in [0, 0.05) is 6.07 Å². The maximum Gasteiger partial charge on any atom is 0.276 e. The van der Waals surface area contributed by atoms with Gasteiger partial charge in [-0.05, 0) is 42.0 Å². The van der Waals surface area contributed by atoms with Crippen LogP contribution in [0.25, 0.3) is 16.3 Å². The van der Waals surface area contributed by atoms with Gasteiger partial charge in [0.15, 0.2) is 16.6 Å². The van der Waals surface area contributed by atoms with Crippen molar-refractivity contribution in [2.45, 2.75) is 6.61 Å². The third kappa shape index (κ3) is 5.43. The Morgan fingerprint density at radius 1 is 1.17 bits per heavy atom. The molecule has 0 spiro atoms. The number of nitrogens with zero attached hydrogens (tertiary/aromatic N) is 3. The number of carbonyl (C=O) groups is 1. The topological polar surface area (TPSA) is 127 Å². The van der Waals surface area contributed by atoms with Crippen LogP contribution in [0, 0.1) is 21.4 Å². The number of nitrogens with one attached hydrogen (secondary N) is 1. The summed E-state index contributed by atoms with van der Waals surface area (Å²) < 4.78 is 12.0. The number of nitro groups is 1. The van der Waals surface area contributed by atoms with Gasteiger partial charge >= 0.3 is 0 Å². The molecular formula is C25H18N4O5S. The lowest BCUT2D eigenvalue weighted by molar-refractivity contribution is -0.385. The van der Waals surface area contributed by atoms with Crippen LogP contribution in [-0.4, -0.2) is 22.9 Å². The average Bonchev–Trinajstić information content (AvgIpc) is 3.28. The van der Waals surface area contributed by atoms with Gasteiger partial charge in [-0.1, -0.05) is 41.7 Å². The second-order valence-corrected chi connectivity index (χ2v) is 8.23. The molecule has 3 aromatic carbocycles. The molecule has 1 N–H and O–H groups in total. The fourth-order valence-electron chi connectivity index (χ4n) is 3.27. The first kappa shape index (κ1) is 23.4. The smallest absolute Gasteiger partial charge is 0.276 e. The molecule has 0 aliphatic heterocycles. The van der Waals surface area contributed by atoms with Crippen LogP contribution in [-0.2, 0) is 11.4 Å². The van der Waals surface area contributed by atoms with E-state index in [0.29, 0.717) is 27.8 Å². The Balaban J connectivity index is 1.51. The molecule has 9 nitrogen and oxygen atoms in total. The molecule has 1 heterocycles. The van der Waals surface area contributed by atoms with Gasteiger partial charge in [-0.2, -0.15) is 5.26 Å². The number of benzene rings is 3. The first-order valence-electron chi connectivity index (χ1n) is 10.3. The number of fused-ring (bicyclic) bond motifs is 1. The van der Waals surface area contributed by atoms with Crippen molar-refractivity contribution in [3.05, 3.63) is 93.5 Å². The zero-order chi connectivity index (χ0) is 24.8. The van der Waals surface area contributed by atoms with Crippen molar-refractivity contribution in [3.63, 3.8) is 0 Å². The molecule has 1 amide bonds. The maximum atomic E-state index is 12.6. The number of hydrogen-bond acceptors (Lipinski definition) is 8. The number of thiazole rings is 1. The number of anilines is 1. The minimum absolute atomic E-state index is 0.0310. The Morgan fingerprint density at radius 2 is 1.94 bits per heavy atom. The van der Waals surface area contributed by atoms with E-state index in [2.05, 4.69) is 10.3 Å². The Kier molecular flexibility index (Phi) is 6.99. The first-order chi connectivity index (χ1) is 17.0. The summed E-state index contributed by atoms with van der Waals surface area (Å²) in [6.45, 7) is -0.0310. The fraction of sp³-hybridized carbons (Fsp3) is 0.0800. The lowest BCUT2D eigenvalue weighted by Gasteiger charge is -2.12. The summed E-state index contributed by atoms with van der Waals surface area (Å²) in [6, 6.07) is 20.6. The predicted octanol–water partition coefficient (Wildman–Crippen LogP) is 5.34. The van der Waals surface area contributed by atoms with Crippen LogP contribution in [0.2, 0.25) is 0 Å². The molecule has 10 heteroatoms. The minimum atomic E-state index is -0.581. The largest absolute Gasteiger partial charge is 0.493 e. The van der Waals surface area contributed by atoms with E-state index in [9.17, 15) is 20.2 Å². The van der Waals surface area contributed by atoms with Crippen LogP contribution >= 0.6 is 11.3 Å². The Bertz CT molecular complexity index is 1460. The fourth-order valence-corrected chi connectivity index (χ4v) is 4.13. The van der Waals surface area contributed by atoms with E-state index in [1.165, 1.54) is 30.6 Å². The van der Waals surface area contributed by atoms with Gasteiger partial charge < -0.3 is 9.47 Å². The van der Waals surface area contributed by atoms with E-state index in [4.69, 9.17) is 9.47 Å². The molecule has 1 aromatic heterocycles. The zero-order valence-corrected chi connectivity index (χ0v) is 19.2. The molecule has 174 valence electrons. The second-order valence-electron chi connectivity index (χ2n) is 7.20. The van der Waals surface area contributed by atoms with E-state index in [0.717, 1.165) is 10.2 Å². The third-order valence-corrected chi connectivity index (χ3v) is 5.90. The molecule has 4 aromatic rings. The van der Waals surface area contributed by atoms with Gasteiger partial charge in [0.25, 0.3) is 11.6 Å². The summed E-state index contributed by atoms with van der Waals surface area (Å²) in [5, 5.41) is 23.8. The number of ether oxygens (including phenoxy) is 2. The Labute approximate surface area is 204 Å². The average molecular weight is 487 g/mol. The first-order valence-corrected chi connectivity index (χ1v) is 11.1. The molecule has 35 heavy (non-hydrogen) atoms. The number of nitro benzene ring substituents is 1. The highest BCUT2D eigenvalue weighted by atomic mass is 32.1. The molecule has 4 rings (SSSR count). The van der Waals surface area contributed by atoms with Gasteiger partial charge in [-0.25, -0.2) is 4.98 Å². The minimum Gasteiger partial charge on any atom is -0.493 e. The number of para-hydroxylation sites is 2. The number of hydrogen-bond donors (Lipinski definition) is 1. The van der Waals surface area contributed by atoms with Crippen LogP contribution in [0.1, 0.15) is 11.1 Å². The number of carbonyl (C=O) groups excluding carboxylic acids is 1. The highest BCUT2D eigenvalue weighted by Gasteiger charge is 2.15. The van der Waals surface area contributed by atoms with Crippen molar-refractivity contribution in [1.82, 2.24) is 4.98 Å². The summed E-state index contributed by atoms with van der Waals surface area (Å²) >= 11 is 1.32. The molecule has 0 aliphatic carbocycles. The maximum absolute atomic E-state index is 12.6. The molecule has 0 atom stereocenters. The van der Waals surface area contributed by atoms with Crippen molar-refractivity contribution in [1.29, 1.82) is 5.26 Å². The van der Waals surface area contributed by atoms with E-state index in [1.54, 1.807) is 36.4 Å². The number of amides is 1. The standard InChI is InChI=1S/C25H18N4O5S/c1-33-22-13-16(10-11-21(22)34-15-17-6-2-4-8-20(17)29(31)32)12-18(14-26)24(30)28-25-27-19-7-3-5-9-23(19)35-25/h2-13H,15H2,1H3,(H,27,28,30)/b18-12+. The summed E-state index contributed by atoms with van der Waals surface area (Å²) in [4.78, 5) is 27.7. The molecular weight excluding hydrogens is 468 g/mol. The van der Waals surface area contributed by atoms with Crippen LogP contribution in [0.3, 0.4) is 0 Å². The van der Waals surface area contributed by atoms with E-state index in [-0.39, 0.29) is 17.9 Å². The van der Waals surface area contributed by atoms with E-state index < -0.39 is 10.8 Å². The van der Waals surface area contributed by atoms with Crippen molar-refractivity contribution in [2.75, 3.05) is 12.4 Å². The number of aromatic nitrogens is 1. The molecule has 0 unspecified atom stereocenters. The van der Waals surface area contributed by atoms with Crippen LogP contribution in [0.5, 0.6) is 11.5 Å². The lowest BCUT2D eigenvalue weighted by atomic mass is 10.1. The zero-order valence-electron chi connectivity index (χ0n) is 18.4. The highest BCUT2D eigenvalue weighted by Crippen LogP contribution is 2.31.